The SMILES string of the molecule is CO/N=C1\C[C@@H](c2noc(CC3CC(=O)NC(=O)C3)n2)N(C(=O)c2ccc(-c3ccccc3)cc2)C1. The predicted molar refractivity (Wildman–Crippen MR) is 129 cm³/mol. The van der Waals surface area contributed by atoms with Gasteiger partial charge >= 0.3 is 0 Å². The van der Waals surface area contributed by atoms with Crippen LogP contribution < -0.4 is 5.32 Å². The summed E-state index contributed by atoms with van der Waals surface area (Å²) in [6.45, 7) is 0.277. The summed E-state index contributed by atoms with van der Waals surface area (Å²) in [7, 11) is 1.46. The molecule has 2 aliphatic rings. The number of likely N-dealkylation sites (tertiary alicyclic amines) is 1. The highest BCUT2D eigenvalue weighted by molar-refractivity contribution is 6.01. The molecule has 3 aromatic rings. The van der Waals surface area contributed by atoms with E-state index in [1.807, 2.05) is 42.5 Å². The van der Waals surface area contributed by atoms with E-state index < -0.39 is 6.04 Å². The molecule has 2 saturated heterocycles. The van der Waals surface area contributed by atoms with E-state index in [0.29, 0.717) is 35.8 Å². The molecule has 10 heteroatoms. The third-order valence-electron chi connectivity index (χ3n) is 6.35. The van der Waals surface area contributed by atoms with Gasteiger partial charge < -0.3 is 14.3 Å². The van der Waals surface area contributed by atoms with E-state index in [1.54, 1.807) is 17.0 Å². The number of nitrogens with one attached hydrogen (secondary N) is 1. The molecule has 2 aliphatic heterocycles. The van der Waals surface area contributed by atoms with E-state index in [4.69, 9.17) is 9.36 Å². The van der Waals surface area contributed by atoms with Crippen LogP contribution in [0.15, 0.2) is 64.3 Å². The Hall–Kier alpha value is -4.34. The molecule has 0 radical (unpaired) electrons. The first kappa shape index (κ1) is 23.4. The standard InChI is InChI=1S/C26H25N5O5/c1-35-29-20-14-21(25-28-24(36-30-25)13-16-11-22(32)27-23(33)12-16)31(15-20)26(34)19-9-7-18(8-10-19)17-5-3-2-4-6-17/h2-10,16,21H,11-15H2,1H3,(H,27,32,33)/b29-20+/t21-/m0/s1. The van der Waals surface area contributed by atoms with E-state index >= 15 is 0 Å². The fourth-order valence-electron chi connectivity index (χ4n) is 4.68. The Morgan fingerprint density at radius 1 is 1.06 bits per heavy atom. The maximum absolute atomic E-state index is 13.5. The van der Waals surface area contributed by atoms with Gasteiger partial charge in [-0.25, -0.2) is 0 Å². The number of oxime groups is 1. The summed E-state index contributed by atoms with van der Waals surface area (Å²) < 4.78 is 5.43. The Balaban J connectivity index is 1.34. The zero-order valence-electron chi connectivity index (χ0n) is 19.7. The zero-order chi connectivity index (χ0) is 25.1. The number of aromatic nitrogens is 2. The molecule has 1 aromatic heterocycles. The van der Waals surface area contributed by atoms with E-state index in [2.05, 4.69) is 20.6 Å². The molecular weight excluding hydrogens is 462 g/mol. The number of hydrogen-bond donors (Lipinski definition) is 1. The lowest BCUT2D eigenvalue weighted by Crippen LogP contribution is -2.39. The number of nitrogens with zero attached hydrogens (tertiary/aromatic N) is 4. The van der Waals surface area contributed by atoms with Gasteiger partial charge in [-0.05, 0) is 29.2 Å². The second-order valence-electron chi connectivity index (χ2n) is 8.93. The number of piperidine rings is 1. The molecule has 0 spiro atoms. The Morgan fingerprint density at radius 3 is 2.44 bits per heavy atom. The Kier molecular flexibility index (Phi) is 6.57. The van der Waals surface area contributed by atoms with Gasteiger partial charge in [0, 0.05) is 31.2 Å². The number of hydrogen-bond acceptors (Lipinski definition) is 8. The number of benzene rings is 2. The first-order valence-electron chi connectivity index (χ1n) is 11.7. The van der Waals surface area contributed by atoms with Gasteiger partial charge in [-0.1, -0.05) is 52.8 Å². The lowest BCUT2D eigenvalue weighted by atomic mass is 9.94. The zero-order valence-corrected chi connectivity index (χ0v) is 19.7. The van der Waals surface area contributed by atoms with E-state index in [1.165, 1.54) is 7.11 Å². The van der Waals surface area contributed by atoms with Crippen molar-refractivity contribution < 1.29 is 23.7 Å². The number of imide groups is 1. The minimum atomic E-state index is -0.478. The molecule has 10 nitrogen and oxygen atoms in total. The van der Waals surface area contributed by atoms with Gasteiger partial charge in [-0.3, -0.25) is 19.7 Å². The lowest BCUT2D eigenvalue weighted by Gasteiger charge is -2.21. The maximum atomic E-state index is 13.5. The summed E-state index contributed by atoms with van der Waals surface area (Å²) >= 11 is 0. The fraction of sp³-hybridized carbons (Fsp3) is 0.308. The van der Waals surface area contributed by atoms with Crippen molar-refractivity contribution in [1.29, 1.82) is 0 Å². The van der Waals surface area contributed by atoms with Gasteiger partial charge in [0.05, 0.1) is 12.3 Å². The van der Waals surface area contributed by atoms with Crippen molar-refractivity contribution in [2.24, 2.45) is 11.1 Å². The van der Waals surface area contributed by atoms with Crippen molar-refractivity contribution in [2.75, 3.05) is 13.7 Å². The molecule has 36 heavy (non-hydrogen) atoms. The molecule has 1 atom stereocenters. The van der Waals surface area contributed by atoms with Gasteiger partial charge in [-0.2, -0.15) is 4.98 Å². The molecule has 2 fully saturated rings. The molecule has 184 valence electrons. The average Bonchev–Trinajstić information content (AvgIpc) is 3.51. The first-order chi connectivity index (χ1) is 17.5. The molecule has 2 aromatic carbocycles. The number of carbonyl (C=O) groups is 3. The maximum Gasteiger partial charge on any atom is 0.254 e. The average molecular weight is 488 g/mol. The molecule has 0 unspecified atom stereocenters. The summed E-state index contributed by atoms with van der Waals surface area (Å²) in [6.07, 6.45) is 1.17. The van der Waals surface area contributed by atoms with Gasteiger partial charge in [-0.15, -0.1) is 0 Å². The highest BCUT2D eigenvalue weighted by Crippen LogP contribution is 2.32. The highest BCUT2D eigenvalue weighted by Gasteiger charge is 2.38. The smallest absolute Gasteiger partial charge is 0.254 e. The van der Waals surface area contributed by atoms with Gasteiger partial charge in [0.2, 0.25) is 17.7 Å². The quantitative estimate of drug-likeness (QED) is 0.418. The summed E-state index contributed by atoms with van der Waals surface area (Å²) in [4.78, 5) is 47.9. The topological polar surface area (TPSA) is 127 Å². The largest absolute Gasteiger partial charge is 0.399 e. The minimum Gasteiger partial charge on any atom is -0.399 e. The third-order valence-corrected chi connectivity index (χ3v) is 6.35. The van der Waals surface area contributed by atoms with Crippen LogP contribution in [0.25, 0.3) is 11.1 Å². The van der Waals surface area contributed by atoms with Crippen molar-refractivity contribution >= 4 is 23.4 Å². The van der Waals surface area contributed by atoms with Crippen LogP contribution in [0, 0.1) is 5.92 Å². The van der Waals surface area contributed by atoms with Crippen LogP contribution in [0.5, 0.6) is 0 Å². The molecule has 5 rings (SSSR count). The van der Waals surface area contributed by atoms with Crippen molar-refractivity contribution in [2.45, 2.75) is 31.7 Å². The third kappa shape index (κ3) is 5.02. The molecule has 1 N–H and O–H groups in total. The highest BCUT2D eigenvalue weighted by atomic mass is 16.6. The first-order valence-corrected chi connectivity index (χ1v) is 11.7. The van der Waals surface area contributed by atoms with Crippen molar-refractivity contribution in [1.82, 2.24) is 20.4 Å². The van der Waals surface area contributed by atoms with E-state index in [-0.39, 0.29) is 43.0 Å². The van der Waals surface area contributed by atoms with Crippen molar-refractivity contribution in [3.8, 4) is 11.1 Å². The van der Waals surface area contributed by atoms with Crippen LogP contribution in [0.1, 0.15) is 47.4 Å². The van der Waals surface area contributed by atoms with Gasteiger partial charge in [0.25, 0.3) is 5.91 Å². The number of carbonyl (C=O) groups excluding carboxylic acids is 3. The lowest BCUT2D eigenvalue weighted by molar-refractivity contribution is -0.134. The molecule has 0 bridgehead atoms. The van der Waals surface area contributed by atoms with Crippen LogP contribution >= 0.6 is 0 Å². The molecule has 3 heterocycles. The number of rotatable bonds is 6. The summed E-state index contributed by atoms with van der Waals surface area (Å²) in [5.74, 6) is -0.303. The Labute approximate surface area is 207 Å². The second-order valence-corrected chi connectivity index (χ2v) is 8.93. The summed E-state index contributed by atoms with van der Waals surface area (Å²) in [5.41, 5.74) is 3.32. The van der Waals surface area contributed by atoms with Crippen LogP contribution in [0.3, 0.4) is 0 Å². The minimum absolute atomic E-state index is 0.179. The predicted octanol–water partition coefficient (Wildman–Crippen LogP) is 2.92. The molecule has 3 amide bonds. The molecule has 0 saturated carbocycles. The van der Waals surface area contributed by atoms with Gasteiger partial charge in [0.15, 0.2) is 5.82 Å². The van der Waals surface area contributed by atoms with Crippen molar-refractivity contribution in [3.05, 3.63) is 71.9 Å². The van der Waals surface area contributed by atoms with Crippen LogP contribution in [-0.2, 0) is 20.8 Å². The normalized spacial score (nSPS) is 19.5. The Morgan fingerprint density at radius 2 is 1.75 bits per heavy atom. The monoisotopic (exact) mass is 487 g/mol. The van der Waals surface area contributed by atoms with Crippen molar-refractivity contribution in [3.63, 3.8) is 0 Å². The second kappa shape index (κ2) is 10.1. The van der Waals surface area contributed by atoms with Crippen LogP contribution in [0.2, 0.25) is 0 Å². The fourth-order valence-corrected chi connectivity index (χ4v) is 4.68. The Bertz CT molecular complexity index is 1290. The van der Waals surface area contributed by atoms with Crippen LogP contribution in [-0.4, -0.2) is 52.1 Å². The number of amides is 3. The summed E-state index contributed by atoms with van der Waals surface area (Å²) in [6, 6.07) is 16.9. The van der Waals surface area contributed by atoms with E-state index in [0.717, 1.165) is 11.1 Å². The molecule has 0 aliphatic carbocycles. The summed E-state index contributed by atoms with van der Waals surface area (Å²) in [5, 5.41) is 10.5. The molecular formula is C26H25N5O5. The van der Waals surface area contributed by atoms with Gasteiger partial charge in [0.1, 0.15) is 13.2 Å². The van der Waals surface area contributed by atoms with E-state index in [9.17, 15) is 14.4 Å². The van der Waals surface area contributed by atoms with Crippen LogP contribution in [0.4, 0.5) is 0 Å².